The maximum Gasteiger partial charge on any atom is 0.309 e. The van der Waals surface area contributed by atoms with Crippen LogP contribution >= 0.6 is 0 Å². The number of carboxylic acids is 1. The Hall–Kier alpha value is -2.77. The van der Waals surface area contributed by atoms with Gasteiger partial charge >= 0.3 is 5.97 Å². The fourth-order valence-electron chi connectivity index (χ4n) is 1.55. The lowest BCUT2D eigenvalue weighted by Crippen LogP contribution is -2.15. The number of aliphatic carboxylic acids is 1. The van der Waals surface area contributed by atoms with E-state index in [2.05, 4.69) is 20.4 Å². The Morgan fingerprint density at radius 2 is 2.20 bits per heavy atom. The highest BCUT2D eigenvalue weighted by Crippen LogP contribution is 2.07. The van der Waals surface area contributed by atoms with Gasteiger partial charge in [-0.1, -0.05) is 0 Å². The number of nitrogens with zero attached hydrogens (tertiary/aromatic N) is 4. The molecule has 0 saturated carbocycles. The summed E-state index contributed by atoms with van der Waals surface area (Å²) in [5.41, 5.74) is 0.973. The largest absolute Gasteiger partial charge is 0.481 e. The van der Waals surface area contributed by atoms with E-state index in [0.29, 0.717) is 17.9 Å². The summed E-state index contributed by atoms with van der Waals surface area (Å²) >= 11 is 0. The van der Waals surface area contributed by atoms with E-state index < -0.39 is 5.97 Å². The van der Waals surface area contributed by atoms with Crippen LogP contribution in [0.2, 0.25) is 0 Å². The van der Waals surface area contributed by atoms with Crippen molar-refractivity contribution in [1.82, 2.24) is 19.7 Å². The summed E-state index contributed by atoms with van der Waals surface area (Å²) in [6, 6.07) is 3.19. The number of carbonyl (C=O) groups is 2. The minimum atomic E-state index is -0.942. The number of nitrogens with one attached hydrogen (secondary N) is 1. The van der Waals surface area contributed by atoms with E-state index >= 15 is 0 Å². The molecule has 0 spiro atoms. The molecule has 0 aliphatic heterocycles. The molecule has 0 aliphatic rings. The topological polar surface area (TPSA) is 110 Å². The second-order valence-corrected chi connectivity index (χ2v) is 4.07. The van der Waals surface area contributed by atoms with Gasteiger partial charge in [-0.25, -0.2) is 4.98 Å². The first kappa shape index (κ1) is 13.7. The van der Waals surface area contributed by atoms with Crippen molar-refractivity contribution >= 4 is 17.6 Å². The molecule has 20 heavy (non-hydrogen) atoms. The number of rotatable bonds is 6. The highest BCUT2D eigenvalue weighted by atomic mass is 16.4. The zero-order chi connectivity index (χ0) is 14.4. The predicted molar refractivity (Wildman–Crippen MR) is 68.8 cm³/mol. The van der Waals surface area contributed by atoms with E-state index in [1.54, 1.807) is 16.8 Å². The Balaban J connectivity index is 1.83. The van der Waals surface area contributed by atoms with Crippen LogP contribution in [0, 0.1) is 0 Å². The first-order valence-electron chi connectivity index (χ1n) is 5.92. The highest BCUT2D eigenvalue weighted by molar-refractivity contribution is 5.90. The van der Waals surface area contributed by atoms with Crippen LogP contribution in [-0.2, 0) is 22.6 Å². The van der Waals surface area contributed by atoms with Crippen molar-refractivity contribution in [3.05, 3.63) is 36.7 Å². The van der Waals surface area contributed by atoms with Gasteiger partial charge < -0.3 is 10.4 Å². The lowest BCUT2D eigenvalue weighted by molar-refractivity contribution is -0.136. The minimum absolute atomic E-state index is 0.138. The highest BCUT2D eigenvalue weighted by Gasteiger charge is 2.05. The third kappa shape index (κ3) is 4.16. The van der Waals surface area contributed by atoms with Crippen LogP contribution in [0.25, 0.3) is 0 Å². The smallest absolute Gasteiger partial charge is 0.309 e. The molecule has 2 aromatic heterocycles. The van der Waals surface area contributed by atoms with Gasteiger partial charge in [-0.3, -0.25) is 19.3 Å². The van der Waals surface area contributed by atoms with Crippen molar-refractivity contribution in [1.29, 1.82) is 0 Å². The molecule has 8 nitrogen and oxygen atoms in total. The summed E-state index contributed by atoms with van der Waals surface area (Å²) in [6.07, 6.45) is 4.50. The minimum Gasteiger partial charge on any atom is -0.481 e. The van der Waals surface area contributed by atoms with Crippen LogP contribution in [0.4, 0.5) is 5.69 Å². The van der Waals surface area contributed by atoms with Gasteiger partial charge in [0.05, 0.1) is 30.5 Å². The number of aryl methyl sites for hydroxylation is 1. The van der Waals surface area contributed by atoms with Gasteiger partial charge in [-0.2, -0.15) is 5.10 Å². The summed E-state index contributed by atoms with van der Waals surface area (Å²) in [5, 5.41) is 15.2. The average molecular weight is 275 g/mol. The van der Waals surface area contributed by atoms with Gasteiger partial charge in [0.15, 0.2) is 0 Å². The Morgan fingerprint density at radius 1 is 1.35 bits per heavy atom. The molecule has 0 aromatic carbocycles. The Labute approximate surface area is 114 Å². The number of aromatic nitrogens is 4. The Morgan fingerprint density at radius 3 is 2.80 bits per heavy atom. The Bertz CT molecular complexity index is 580. The van der Waals surface area contributed by atoms with Crippen molar-refractivity contribution in [3.63, 3.8) is 0 Å². The van der Waals surface area contributed by atoms with Gasteiger partial charge in [-0.15, -0.1) is 0 Å². The SMILES string of the molecule is O=C(O)Cc1ccc(NC(=O)CCn2cncn2)cn1. The molecule has 0 aliphatic carbocycles. The van der Waals surface area contributed by atoms with E-state index in [-0.39, 0.29) is 18.7 Å². The molecule has 0 radical (unpaired) electrons. The number of hydrogen-bond donors (Lipinski definition) is 2. The number of amides is 1. The lowest BCUT2D eigenvalue weighted by Gasteiger charge is -2.05. The maximum absolute atomic E-state index is 11.7. The molecular formula is C12H13N5O3. The van der Waals surface area contributed by atoms with Gasteiger partial charge in [0, 0.05) is 6.42 Å². The normalized spacial score (nSPS) is 10.2. The molecule has 2 aromatic rings. The summed E-state index contributed by atoms with van der Waals surface area (Å²) in [4.78, 5) is 29.9. The van der Waals surface area contributed by atoms with Gasteiger partial charge in [0.25, 0.3) is 0 Å². The van der Waals surface area contributed by atoms with Gasteiger partial charge in [0.2, 0.25) is 5.91 Å². The molecule has 0 unspecified atom stereocenters. The zero-order valence-corrected chi connectivity index (χ0v) is 10.6. The summed E-state index contributed by atoms with van der Waals surface area (Å²) < 4.78 is 1.56. The van der Waals surface area contributed by atoms with Crippen LogP contribution in [0.1, 0.15) is 12.1 Å². The molecular weight excluding hydrogens is 262 g/mol. The van der Waals surface area contributed by atoms with Gasteiger partial charge in [-0.05, 0) is 12.1 Å². The maximum atomic E-state index is 11.7. The summed E-state index contributed by atoms with van der Waals surface area (Å²) in [7, 11) is 0. The number of anilines is 1. The average Bonchev–Trinajstić information content (AvgIpc) is 2.91. The van der Waals surface area contributed by atoms with E-state index in [1.165, 1.54) is 18.9 Å². The van der Waals surface area contributed by atoms with Crippen molar-refractivity contribution < 1.29 is 14.7 Å². The van der Waals surface area contributed by atoms with E-state index in [4.69, 9.17) is 5.11 Å². The van der Waals surface area contributed by atoms with Crippen LogP contribution < -0.4 is 5.32 Å². The number of carbonyl (C=O) groups excluding carboxylic acids is 1. The van der Waals surface area contributed by atoms with Crippen LogP contribution in [0.5, 0.6) is 0 Å². The third-order valence-corrected chi connectivity index (χ3v) is 2.48. The first-order valence-corrected chi connectivity index (χ1v) is 5.92. The Kier molecular flexibility index (Phi) is 4.38. The fourth-order valence-corrected chi connectivity index (χ4v) is 1.55. The quantitative estimate of drug-likeness (QED) is 0.786. The molecule has 0 bridgehead atoms. The molecule has 0 atom stereocenters. The van der Waals surface area contributed by atoms with Crippen LogP contribution in [0.3, 0.4) is 0 Å². The zero-order valence-electron chi connectivity index (χ0n) is 10.6. The molecule has 2 N–H and O–H groups in total. The molecule has 0 fully saturated rings. The standard InChI is InChI=1S/C12H13N5O3/c18-11(3-4-17-8-13-7-15-17)16-10-2-1-9(14-6-10)5-12(19)20/h1-2,6-8H,3-5H2,(H,16,18)(H,19,20). The van der Waals surface area contributed by atoms with Crippen molar-refractivity contribution in [2.24, 2.45) is 0 Å². The van der Waals surface area contributed by atoms with Crippen molar-refractivity contribution in [2.45, 2.75) is 19.4 Å². The molecule has 2 heterocycles. The lowest BCUT2D eigenvalue weighted by atomic mass is 10.2. The molecule has 8 heteroatoms. The summed E-state index contributed by atoms with van der Waals surface area (Å²) in [5.74, 6) is -1.12. The number of hydrogen-bond acceptors (Lipinski definition) is 5. The molecule has 1 amide bonds. The van der Waals surface area contributed by atoms with Crippen molar-refractivity contribution in [2.75, 3.05) is 5.32 Å². The fraction of sp³-hybridized carbons (Fsp3) is 0.250. The van der Waals surface area contributed by atoms with Crippen LogP contribution in [0.15, 0.2) is 31.0 Å². The second-order valence-electron chi connectivity index (χ2n) is 4.07. The molecule has 104 valence electrons. The van der Waals surface area contributed by atoms with Crippen molar-refractivity contribution in [3.8, 4) is 0 Å². The molecule has 2 rings (SSSR count). The first-order chi connectivity index (χ1) is 9.63. The summed E-state index contributed by atoms with van der Waals surface area (Å²) in [6.45, 7) is 0.441. The van der Waals surface area contributed by atoms with Crippen LogP contribution in [-0.4, -0.2) is 36.7 Å². The number of pyridine rings is 1. The van der Waals surface area contributed by atoms with E-state index in [0.717, 1.165) is 0 Å². The second kappa shape index (κ2) is 6.41. The van der Waals surface area contributed by atoms with E-state index in [9.17, 15) is 9.59 Å². The monoisotopic (exact) mass is 275 g/mol. The molecule has 0 saturated heterocycles. The third-order valence-electron chi connectivity index (χ3n) is 2.48. The van der Waals surface area contributed by atoms with Gasteiger partial charge in [0.1, 0.15) is 12.7 Å². The predicted octanol–water partition coefficient (Wildman–Crippen LogP) is 0.329. The number of carboxylic acid groups (broad SMARTS) is 1. The van der Waals surface area contributed by atoms with E-state index in [1.807, 2.05) is 0 Å².